The molecule has 1 aliphatic heterocycles. The van der Waals surface area contributed by atoms with E-state index in [0.717, 1.165) is 32.2 Å². The van der Waals surface area contributed by atoms with Crippen LogP contribution in [0.1, 0.15) is 37.4 Å². The Hall–Kier alpha value is -0.850. The molecule has 2 rings (SSSR count). The highest BCUT2D eigenvalue weighted by Gasteiger charge is 2.33. The molecular formula is C16H23ClF4N2. The Morgan fingerprint density at radius 2 is 1.74 bits per heavy atom. The second kappa shape index (κ2) is 8.31. The summed E-state index contributed by atoms with van der Waals surface area (Å²) in [5.41, 5.74) is -0.491. The van der Waals surface area contributed by atoms with Gasteiger partial charge in [-0.05, 0) is 36.1 Å². The molecule has 0 amide bonds. The molecular weight excluding hydrogens is 332 g/mol. The molecule has 0 bridgehead atoms. The zero-order chi connectivity index (χ0) is 16.3. The lowest BCUT2D eigenvalue weighted by Gasteiger charge is -2.36. The highest BCUT2D eigenvalue weighted by Crippen LogP contribution is 2.35. The molecule has 1 heterocycles. The molecule has 0 unspecified atom stereocenters. The van der Waals surface area contributed by atoms with Gasteiger partial charge in [-0.1, -0.05) is 13.8 Å². The first-order valence-electron chi connectivity index (χ1n) is 7.60. The molecule has 1 aromatic rings. The molecule has 1 atom stereocenters. The van der Waals surface area contributed by atoms with Crippen molar-refractivity contribution in [3.8, 4) is 0 Å². The van der Waals surface area contributed by atoms with Crippen molar-refractivity contribution in [1.29, 1.82) is 0 Å². The van der Waals surface area contributed by atoms with Crippen LogP contribution in [0.2, 0.25) is 0 Å². The maximum atomic E-state index is 13.7. The molecule has 0 aliphatic carbocycles. The number of nitrogens with zero attached hydrogens (tertiary/aromatic N) is 1. The molecule has 1 saturated heterocycles. The molecule has 1 aliphatic rings. The van der Waals surface area contributed by atoms with Crippen molar-refractivity contribution in [1.82, 2.24) is 10.2 Å². The molecule has 0 radical (unpaired) electrons. The molecule has 1 fully saturated rings. The van der Waals surface area contributed by atoms with E-state index in [1.54, 1.807) is 0 Å². The minimum atomic E-state index is -4.53. The average molecular weight is 355 g/mol. The van der Waals surface area contributed by atoms with Crippen LogP contribution in [-0.2, 0) is 6.18 Å². The number of benzene rings is 1. The first-order chi connectivity index (χ1) is 10.3. The van der Waals surface area contributed by atoms with Gasteiger partial charge in [-0.25, -0.2) is 4.39 Å². The summed E-state index contributed by atoms with van der Waals surface area (Å²) in [6.07, 6.45) is -3.82. The van der Waals surface area contributed by atoms with Gasteiger partial charge in [0.15, 0.2) is 0 Å². The van der Waals surface area contributed by atoms with Crippen LogP contribution in [0.3, 0.4) is 0 Å². The van der Waals surface area contributed by atoms with Gasteiger partial charge < -0.3 is 5.32 Å². The summed E-state index contributed by atoms with van der Waals surface area (Å²) < 4.78 is 52.5. The fourth-order valence-corrected chi connectivity index (χ4v) is 2.90. The molecule has 0 saturated carbocycles. The van der Waals surface area contributed by atoms with E-state index in [9.17, 15) is 17.6 Å². The third-order valence-electron chi connectivity index (χ3n) is 3.92. The van der Waals surface area contributed by atoms with Crippen molar-refractivity contribution in [2.24, 2.45) is 5.92 Å². The maximum Gasteiger partial charge on any atom is 0.416 e. The Morgan fingerprint density at radius 3 is 2.26 bits per heavy atom. The van der Waals surface area contributed by atoms with Crippen LogP contribution in [0, 0.1) is 11.7 Å². The minimum absolute atomic E-state index is 0. The highest BCUT2D eigenvalue weighted by molar-refractivity contribution is 5.85. The summed E-state index contributed by atoms with van der Waals surface area (Å²) >= 11 is 0. The van der Waals surface area contributed by atoms with E-state index < -0.39 is 17.6 Å². The van der Waals surface area contributed by atoms with Gasteiger partial charge in [0, 0.05) is 32.2 Å². The average Bonchev–Trinajstić information content (AvgIpc) is 2.44. The second-order valence-corrected chi connectivity index (χ2v) is 6.20. The maximum absolute atomic E-state index is 13.7. The summed E-state index contributed by atoms with van der Waals surface area (Å²) in [4.78, 5) is 2.14. The second-order valence-electron chi connectivity index (χ2n) is 6.20. The van der Waals surface area contributed by atoms with E-state index in [0.29, 0.717) is 24.0 Å². The fraction of sp³-hybridized carbons (Fsp3) is 0.625. The SMILES string of the molecule is CC(C)C[C@@H](c1cc(F)cc(C(F)(F)F)c1)N1CCNCC1.Cl. The standard InChI is InChI=1S/C16H22F4N2.ClH/c1-11(2)7-15(22-5-3-21-4-6-22)12-8-13(16(18,19)20)10-14(17)9-12;/h8-11,15,21H,3-7H2,1-2H3;1H/t15-;/m0./s1. The first kappa shape index (κ1) is 20.2. The van der Waals surface area contributed by atoms with Crippen molar-refractivity contribution < 1.29 is 17.6 Å². The molecule has 0 aromatic heterocycles. The number of piperazine rings is 1. The van der Waals surface area contributed by atoms with Crippen LogP contribution in [0.4, 0.5) is 17.6 Å². The summed E-state index contributed by atoms with van der Waals surface area (Å²) in [6, 6.07) is 2.72. The number of rotatable bonds is 4. The highest BCUT2D eigenvalue weighted by atomic mass is 35.5. The first-order valence-corrected chi connectivity index (χ1v) is 7.60. The van der Waals surface area contributed by atoms with E-state index in [1.807, 2.05) is 13.8 Å². The fourth-order valence-electron chi connectivity index (χ4n) is 2.90. The largest absolute Gasteiger partial charge is 0.416 e. The molecule has 1 N–H and O–H groups in total. The number of alkyl halides is 3. The van der Waals surface area contributed by atoms with Crippen LogP contribution in [0.5, 0.6) is 0 Å². The number of hydrogen-bond donors (Lipinski definition) is 1. The van der Waals surface area contributed by atoms with Crippen LogP contribution in [-0.4, -0.2) is 31.1 Å². The van der Waals surface area contributed by atoms with Crippen LogP contribution in [0.15, 0.2) is 18.2 Å². The lowest BCUT2D eigenvalue weighted by atomic mass is 9.93. The Morgan fingerprint density at radius 1 is 1.13 bits per heavy atom. The van der Waals surface area contributed by atoms with Gasteiger partial charge in [0.2, 0.25) is 0 Å². The van der Waals surface area contributed by atoms with Crippen LogP contribution < -0.4 is 5.32 Å². The van der Waals surface area contributed by atoms with Gasteiger partial charge in [-0.15, -0.1) is 12.4 Å². The van der Waals surface area contributed by atoms with Gasteiger partial charge in [-0.2, -0.15) is 13.2 Å². The lowest BCUT2D eigenvalue weighted by Crippen LogP contribution is -2.45. The molecule has 0 spiro atoms. The third kappa shape index (κ3) is 5.62. The smallest absolute Gasteiger partial charge is 0.314 e. The molecule has 23 heavy (non-hydrogen) atoms. The van der Waals surface area contributed by atoms with Gasteiger partial charge in [-0.3, -0.25) is 4.90 Å². The predicted octanol–water partition coefficient (Wildman–Crippen LogP) is 4.26. The zero-order valence-corrected chi connectivity index (χ0v) is 14.1. The molecule has 7 heteroatoms. The van der Waals surface area contributed by atoms with Crippen molar-refractivity contribution in [2.75, 3.05) is 26.2 Å². The molecule has 1 aromatic carbocycles. The Kier molecular flexibility index (Phi) is 7.29. The van der Waals surface area contributed by atoms with Gasteiger partial charge in [0.25, 0.3) is 0 Å². The number of halogens is 5. The summed E-state index contributed by atoms with van der Waals surface area (Å²) in [5, 5.41) is 3.23. The quantitative estimate of drug-likeness (QED) is 0.813. The van der Waals surface area contributed by atoms with E-state index in [2.05, 4.69) is 10.2 Å². The van der Waals surface area contributed by atoms with Crippen LogP contribution >= 0.6 is 12.4 Å². The minimum Gasteiger partial charge on any atom is -0.314 e. The van der Waals surface area contributed by atoms with E-state index in [-0.39, 0.29) is 18.4 Å². The Balaban J connectivity index is 0.00000264. The topological polar surface area (TPSA) is 15.3 Å². The summed E-state index contributed by atoms with van der Waals surface area (Å²) in [7, 11) is 0. The summed E-state index contributed by atoms with van der Waals surface area (Å²) in [5.74, 6) is -0.508. The van der Waals surface area contributed by atoms with Gasteiger partial charge in [0.05, 0.1) is 5.56 Å². The van der Waals surface area contributed by atoms with Crippen molar-refractivity contribution in [3.05, 3.63) is 35.1 Å². The number of hydrogen-bond acceptors (Lipinski definition) is 2. The summed E-state index contributed by atoms with van der Waals surface area (Å²) in [6.45, 7) is 7.18. The number of nitrogens with one attached hydrogen (secondary N) is 1. The van der Waals surface area contributed by atoms with Crippen molar-refractivity contribution in [2.45, 2.75) is 32.5 Å². The normalized spacial score (nSPS) is 17.9. The van der Waals surface area contributed by atoms with Crippen LogP contribution in [0.25, 0.3) is 0 Å². The predicted molar refractivity (Wildman–Crippen MR) is 85.3 cm³/mol. The van der Waals surface area contributed by atoms with E-state index >= 15 is 0 Å². The van der Waals surface area contributed by atoms with E-state index in [1.165, 1.54) is 6.07 Å². The third-order valence-corrected chi connectivity index (χ3v) is 3.92. The monoisotopic (exact) mass is 354 g/mol. The Labute approximate surface area is 140 Å². The zero-order valence-electron chi connectivity index (χ0n) is 13.3. The Bertz CT molecular complexity index is 499. The van der Waals surface area contributed by atoms with E-state index in [4.69, 9.17) is 0 Å². The van der Waals surface area contributed by atoms with Crippen molar-refractivity contribution >= 4 is 12.4 Å². The van der Waals surface area contributed by atoms with Gasteiger partial charge in [0.1, 0.15) is 5.82 Å². The van der Waals surface area contributed by atoms with Crippen molar-refractivity contribution in [3.63, 3.8) is 0 Å². The van der Waals surface area contributed by atoms with Gasteiger partial charge >= 0.3 is 6.18 Å². The lowest BCUT2D eigenvalue weighted by molar-refractivity contribution is -0.137. The molecule has 132 valence electrons. The molecule has 2 nitrogen and oxygen atoms in total.